The van der Waals surface area contributed by atoms with Crippen molar-refractivity contribution in [2.75, 3.05) is 5.75 Å². The Bertz CT molecular complexity index is 662. The number of nitrogens with zero attached hydrogens (tertiary/aromatic N) is 1. The summed E-state index contributed by atoms with van der Waals surface area (Å²) in [5.74, 6) is -2.76. The topological polar surface area (TPSA) is 104 Å². The van der Waals surface area contributed by atoms with Gasteiger partial charge in [0.05, 0.1) is 5.75 Å². The SMILES string of the molecule is O=C(NC1C(=O)N2C(C(=O)O)C(=O)CS[C@@H]12)c1ccccc1. The van der Waals surface area contributed by atoms with Gasteiger partial charge >= 0.3 is 5.97 Å². The van der Waals surface area contributed by atoms with Gasteiger partial charge in [-0.15, -0.1) is 11.8 Å². The average molecular weight is 320 g/mol. The Balaban J connectivity index is 1.73. The first-order valence-corrected chi connectivity index (χ1v) is 7.61. The van der Waals surface area contributed by atoms with E-state index in [4.69, 9.17) is 5.11 Å². The van der Waals surface area contributed by atoms with Crippen LogP contribution in [0.15, 0.2) is 30.3 Å². The number of carboxylic acids is 1. The molecule has 0 radical (unpaired) electrons. The van der Waals surface area contributed by atoms with Crippen molar-refractivity contribution in [1.82, 2.24) is 10.2 Å². The van der Waals surface area contributed by atoms with Gasteiger partial charge in [0.1, 0.15) is 11.4 Å². The van der Waals surface area contributed by atoms with Crippen molar-refractivity contribution in [3.8, 4) is 0 Å². The lowest BCUT2D eigenvalue weighted by molar-refractivity contribution is -0.164. The zero-order chi connectivity index (χ0) is 15.9. The highest BCUT2D eigenvalue weighted by Gasteiger charge is 2.57. The molecule has 0 spiro atoms. The lowest BCUT2D eigenvalue weighted by Crippen LogP contribution is -2.76. The molecule has 0 aromatic heterocycles. The first-order valence-electron chi connectivity index (χ1n) is 6.56. The van der Waals surface area contributed by atoms with Gasteiger partial charge in [-0.3, -0.25) is 14.4 Å². The second-order valence-corrected chi connectivity index (χ2v) is 6.08. The Morgan fingerprint density at radius 1 is 1.23 bits per heavy atom. The molecule has 2 amide bonds. The molecule has 2 N–H and O–H groups in total. The fourth-order valence-corrected chi connectivity index (χ4v) is 3.80. The molecular formula is C14H12N2O5S. The number of carboxylic acid groups (broad SMARTS) is 1. The van der Waals surface area contributed by atoms with E-state index in [2.05, 4.69) is 5.32 Å². The molecule has 3 rings (SSSR count). The summed E-state index contributed by atoms with van der Waals surface area (Å²) >= 11 is 1.17. The highest BCUT2D eigenvalue weighted by atomic mass is 32.2. The highest BCUT2D eigenvalue weighted by molar-refractivity contribution is 8.00. The second-order valence-electron chi connectivity index (χ2n) is 4.97. The summed E-state index contributed by atoms with van der Waals surface area (Å²) in [6, 6.07) is 6.18. The molecule has 2 unspecified atom stereocenters. The molecule has 1 aromatic rings. The minimum absolute atomic E-state index is 0.0170. The third-order valence-corrected chi connectivity index (χ3v) is 4.91. The largest absolute Gasteiger partial charge is 0.479 e. The molecule has 2 fully saturated rings. The number of hydrogen-bond donors (Lipinski definition) is 2. The third-order valence-electron chi connectivity index (χ3n) is 3.62. The Morgan fingerprint density at radius 2 is 1.91 bits per heavy atom. The van der Waals surface area contributed by atoms with Crippen molar-refractivity contribution >= 4 is 35.3 Å². The van der Waals surface area contributed by atoms with E-state index in [1.54, 1.807) is 30.3 Å². The zero-order valence-electron chi connectivity index (χ0n) is 11.3. The van der Waals surface area contributed by atoms with Crippen LogP contribution in [0.2, 0.25) is 0 Å². The van der Waals surface area contributed by atoms with Crippen LogP contribution in [0.1, 0.15) is 10.4 Å². The van der Waals surface area contributed by atoms with Gasteiger partial charge in [0.2, 0.25) is 5.91 Å². The number of benzene rings is 1. The molecular weight excluding hydrogens is 308 g/mol. The highest BCUT2D eigenvalue weighted by Crippen LogP contribution is 2.36. The van der Waals surface area contributed by atoms with E-state index in [-0.39, 0.29) is 5.75 Å². The van der Waals surface area contributed by atoms with Crippen molar-refractivity contribution in [1.29, 1.82) is 0 Å². The van der Waals surface area contributed by atoms with Gasteiger partial charge in [-0.05, 0) is 12.1 Å². The number of amides is 2. The molecule has 2 aliphatic heterocycles. The molecule has 1 aromatic carbocycles. The van der Waals surface area contributed by atoms with E-state index in [1.165, 1.54) is 11.8 Å². The number of rotatable bonds is 3. The van der Waals surface area contributed by atoms with Crippen LogP contribution in [-0.4, -0.2) is 56.8 Å². The number of Topliss-reactive ketones (excluding diaryl/α,β-unsaturated/α-hetero) is 1. The molecule has 7 nitrogen and oxygen atoms in total. The number of ketones is 1. The summed E-state index contributed by atoms with van der Waals surface area (Å²) in [4.78, 5) is 48.0. The van der Waals surface area contributed by atoms with Crippen molar-refractivity contribution in [2.45, 2.75) is 17.5 Å². The lowest BCUT2D eigenvalue weighted by Gasteiger charge is -2.51. The average Bonchev–Trinajstić information content (AvgIpc) is 2.52. The van der Waals surface area contributed by atoms with Crippen LogP contribution >= 0.6 is 11.8 Å². The van der Waals surface area contributed by atoms with E-state index in [1.807, 2.05) is 0 Å². The first-order chi connectivity index (χ1) is 10.5. The maximum atomic E-state index is 12.1. The minimum atomic E-state index is -1.44. The van der Waals surface area contributed by atoms with Crippen LogP contribution in [0.25, 0.3) is 0 Å². The fourth-order valence-electron chi connectivity index (χ4n) is 2.54. The number of β-lactam (4-membered cyclic amide) rings is 1. The number of fused-ring (bicyclic) bond motifs is 1. The van der Waals surface area contributed by atoms with Gasteiger partial charge in [0, 0.05) is 5.56 Å². The maximum Gasteiger partial charge on any atom is 0.334 e. The lowest BCUT2D eigenvalue weighted by atomic mass is 10.00. The molecule has 0 bridgehead atoms. The molecule has 3 atom stereocenters. The standard InChI is InChI=1S/C14H12N2O5S/c17-8-6-22-13-9(12(19)16(13)10(8)14(20)21)15-11(18)7-4-2-1-3-5-7/h1-5,9-10,13H,6H2,(H,15,18)(H,20,21)/t9?,10?,13-/m0/s1. The van der Waals surface area contributed by atoms with Crippen LogP contribution in [0.4, 0.5) is 0 Å². The van der Waals surface area contributed by atoms with Crippen molar-refractivity contribution < 1.29 is 24.3 Å². The summed E-state index contributed by atoms with van der Waals surface area (Å²) in [6.45, 7) is 0. The van der Waals surface area contributed by atoms with Gasteiger partial charge in [0.25, 0.3) is 5.91 Å². The Morgan fingerprint density at radius 3 is 2.55 bits per heavy atom. The number of carbonyl (C=O) groups is 4. The molecule has 2 heterocycles. The quantitative estimate of drug-likeness (QED) is 0.586. The van der Waals surface area contributed by atoms with Crippen molar-refractivity contribution in [3.05, 3.63) is 35.9 Å². The number of hydrogen-bond acceptors (Lipinski definition) is 5. The van der Waals surface area contributed by atoms with E-state index >= 15 is 0 Å². The second kappa shape index (κ2) is 5.45. The van der Waals surface area contributed by atoms with E-state index in [9.17, 15) is 19.2 Å². The normalized spacial score (nSPS) is 26.9. The summed E-state index contributed by atoms with van der Waals surface area (Å²) in [7, 11) is 0. The Labute approximate surface area is 129 Å². The molecule has 0 aliphatic carbocycles. The predicted molar refractivity (Wildman–Crippen MR) is 77.2 cm³/mol. The minimum Gasteiger partial charge on any atom is -0.479 e. The summed E-state index contributed by atoms with van der Waals surface area (Å²) in [6.07, 6.45) is 0. The molecule has 114 valence electrons. The van der Waals surface area contributed by atoms with E-state index in [0.29, 0.717) is 5.56 Å². The number of aliphatic carboxylic acids is 1. The molecule has 22 heavy (non-hydrogen) atoms. The van der Waals surface area contributed by atoms with Crippen LogP contribution in [0, 0.1) is 0 Å². The van der Waals surface area contributed by atoms with Gasteiger partial charge in [0.15, 0.2) is 11.8 Å². The van der Waals surface area contributed by atoms with Gasteiger partial charge in [-0.1, -0.05) is 18.2 Å². The predicted octanol–water partition coefficient (Wildman–Crippen LogP) is -0.278. The molecule has 8 heteroatoms. The monoisotopic (exact) mass is 320 g/mol. The van der Waals surface area contributed by atoms with Crippen molar-refractivity contribution in [3.63, 3.8) is 0 Å². The first kappa shape index (κ1) is 14.6. The molecule has 2 saturated heterocycles. The molecule has 2 aliphatic rings. The zero-order valence-corrected chi connectivity index (χ0v) is 12.1. The summed E-state index contributed by atoms with van der Waals surface area (Å²) < 4.78 is 0. The summed E-state index contributed by atoms with van der Waals surface area (Å²) in [5.41, 5.74) is 0.417. The number of thioether (sulfide) groups is 1. The smallest absolute Gasteiger partial charge is 0.334 e. The van der Waals surface area contributed by atoms with Crippen LogP contribution < -0.4 is 5.32 Å². The van der Waals surface area contributed by atoms with E-state index in [0.717, 1.165) is 4.90 Å². The Kier molecular flexibility index (Phi) is 3.61. The number of nitrogens with one attached hydrogen (secondary N) is 1. The third kappa shape index (κ3) is 2.25. The van der Waals surface area contributed by atoms with Crippen molar-refractivity contribution in [2.24, 2.45) is 0 Å². The Hall–Kier alpha value is -2.35. The number of carbonyl (C=O) groups excluding carboxylic acids is 3. The van der Waals surface area contributed by atoms with E-state index < -0.39 is 41.0 Å². The van der Waals surface area contributed by atoms with Crippen LogP contribution in [-0.2, 0) is 14.4 Å². The maximum absolute atomic E-state index is 12.1. The van der Waals surface area contributed by atoms with Crippen LogP contribution in [0.5, 0.6) is 0 Å². The van der Waals surface area contributed by atoms with Crippen LogP contribution in [0.3, 0.4) is 0 Å². The van der Waals surface area contributed by atoms with Gasteiger partial charge in [-0.25, -0.2) is 4.79 Å². The van der Waals surface area contributed by atoms with Gasteiger partial charge < -0.3 is 15.3 Å². The van der Waals surface area contributed by atoms with Gasteiger partial charge in [-0.2, -0.15) is 0 Å². The summed E-state index contributed by atoms with van der Waals surface area (Å²) in [5, 5.41) is 11.2. The molecule has 0 saturated carbocycles. The fraction of sp³-hybridized carbons (Fsp3) is 0.286.